The normalized spacial score (nSPS) is 12.8. The summed E-state index contributed by atoms with van der Waals surface area (Å²) in [5, 5.41) is 13.5. The lowest BCUT2D eigenvalue weighted by Gasteiger charge is -2.06. The fourth-order valence-corrected chi connectivity index (χ4v) is 4.18. The standard InChI is InChI=1S/C15H10Cl2N2OS/c16-8-4-5-10(12(17)6-8)14(20)19-15-11(7-18)9-2-1-3-13(9)21-15/h4-6H,1-3H2,(H,19,20). The van der Waals surface area contributed by atoms with E-state index in [0.29, 0.717) is 26.2 Å². The van der Waals surface area contributed by atoms with Gasteiger partial charge in [0, 0.05) is 9.90 Å². The lowest BCUT2D eigenvalue weighted by atomic mass is 10.1. The Labute approximate surface area is 136 Å². The van der Waals surface area contributed by atoms with E-state index in [2.05, 4.69) is 11.4 Å². The molecule has 0 aliphatic heterocycles. The van der Waals surface area contributed by atoms with Gasteiger partial charge in [0.05, 0.1) is 16.1 Å². The SMILES string of the molecule is N#Cc1c(NC(=O)c2ccc(Cl)cc2Cl)sc2c1CCC2. The summed E-state index contributed by atoms with van der Waals surface area (Å²) in [4.78, 5) is 13.5. The number of anilines is 1. The molecule has 1 aromatic carbocycles. The molecule has 3 rings (SSSR count). The molecule has 1 amide bonds. The smallest absolute Gasteiger partial charge is 0.257 e. The van der Waals surface area contributed by atoms with Crippen molar-refractivity contribution in [3.63, 3.8) is 0 Å². The molecule has 0 radical (unpaired) electrons. The first-order valence-electron chi connectivity index (χ1n) is 6.41. The minimum Gasteiger partial charge on any atom is -0.312 e. The van der Waals surface area contributed by atoms with Crippen LogP contribution in [0.1, 0.15) is 32.8 Å². The maximum Gasteiger partial charge on any atom is 0.257 e. The highest BCUT2D eigenvalue weighted by atomic mass is 35.5. The maximum absolute atomic E-state index is 12.3. The number of nitrogens with zero attached hydrogens (tertiary/aromatic N) is 1. The molecular formula is C15H10Cl2N2OS. The third-order valence-electron chi connectivity index (χ3n) is 3.44. The molecule has 2 aromatic rings. The number of aryl methyl sites for hydroxylation is 1. The van der Waals surface area contributed by atoms with Crippen LogP contribution in [0.4, 0.5) is 5.00 Å². The Morgan fingerprint density at radius 3 is 2.86 bits per heavy atom. The van der Waals surface area contributed by atoms with Gasteiger partial charge in [-0.25, -0.2) is 0 Å². The zero-order chi connectivity index (χ0) is 15.0. The van der Waals surface area contributed by atoms with Crippen LogP contribution in [0, 0.1) is 11.3 Å². The molecule has 6 heteroatoms. The van der Waals surface area contributed by atoms with Crippen molar-refractivity contribution >= 4 is 45.4 Å². The van der Waals surface area contributed by atoms with Crippen LogP contribution in [-0.4, -0.2) is 5.91 Å². The van der Waals surface area contributed by atoms with Crippen LogP contribution in [-0.2, 0) is 12.8 Å². The van der Waals surface area contributed by atoms with Gasteiger partial charge in [-0.1, -0.05) is 23.2 Å². The molecule has 1 heterocycles. The summed E-state index contributed by atoms with van der Waals surface area (Å²) in [5.74, 6) is -0.326. The van der Waals surface area contributed by atoms with Crippen molar-refractivity contribution < 1.29 is 4.79 Å². The van der Waals surface area contributed by atoms with Crippen LogP contribution in [0.25, 0.3) is 0 Å². The molecule has 0 saturated heterocycles. The number of nitrogens with one attached hydrogen (secondary N) is 1. The highest BCUT2D eigenvalue weighted by Crippen LogP contribution is 2.38. The third kappa shape index (κ3) is 2.65. The Morgan fingerprint density at radius 2 is 2.14 bits per heavy atom. The van der Waals surface area contributed by atoms with Crippen molar-refractivity contribution in [1.29, 1.82) is 5.26 Å². The molecule has 3 nitrogen and oxygen atoms in total. The number of thiophene rings is 1. The van der Waals surface area contributed by atoms with Gasteiger partial charge in [-0.2, -0.15) is 5.26 Å². The summed E-state index contributed by atoms with van der Waals surface area (Å²) < 4.78 is 0. The van der Waals surface area contributed by atoms with Crippen LogP contribution in [0.2, 0.25) is 10.0 Å². The number of hydrogen-bond donors (Lipinski definition) is 1. The topological polar surface area (TPSA) is 52.9 Å². The van der Waals surface area contributed by atoms with Crippen molar-refractivity contribution in [2.24, 2.45) is 0 Å². The number of hydrogen-bond acceptors (Lipinski definition) is 3. The summed E-state index contributed by atoms with van der Waals surface area (Å²) >= 11 is 13.3. The number of rotatable bonds is 2. The van der Waals surface area contributed by atoms with Gasteiger partial charge in [-0.15, -0.1) is 11.3 Å². The summed E-state index contributed by atoms with van der Waals surface area (Å²) in [7, 11) is 0. The second-order valence-corrected chi connectivity index (χ2v) is 6.70. The highest BCUT2D eigenvalue weighted by molar-refractivity contribution is 7.16. The molecule has 1 aliphatic carbocycles. The average Bonchev–Trinajstić information content (AvgIpc) is 2.98. The van der Waals surface area contributed by atoms with Gasteiger partial charge in [0.25, 0.3) is 5.91 Å². The molecule has 0 bridgehead atoms. The second-order valence-electron chi connectivity index (χ2n) is 4.75. The Hall–Kier alpha value is -1.54. The van der Waals surface area contributed by atoms with Crippen molar-refractivity contribution in [3.8, 4) is 6.07 Å². The molecule has 0 unspecified atom stereocenters. The number of nitriles is 1. The largest absolute Gasteiger partial charge is 0.312 e. The first-order chi connectivity index (χ1) is 10.1. The Bertz CT molecular complexity index is 777. The number of fused-ring (bicyclic) bond motifs is 1. The molecule has 1 N–H and O–H groups in total. The molecule has 0 atom stereocenters. The summed E-state index contributed by atoms with van der Waals surface area (Å²) in [6.07, 6.45) is 2.96. The fourth-order valence-electron chi connectivity index (χ4n) is 2.45. The average molecular weight is 337 g/mol. The van der Waals surface area contributed by atoms with Crippen LogP contribution in [0.15, 0.2) is 18.2 Å². The first-order valence-corrected chi connectivity index (χ1v) is 7.98. The van der Waals surface area contributed by atoms with Crippen molar-refractivity contribution in [2.75, 3.05) is 5.32 Å². The van der Waals surface area contributed by atoms with Gasteiger partial charge in [0.2, 0.25) is 0 Å². The minimum atomic E-state index is -0.326. The van der Waals surface area contributed by atoms with E-state index in [1.54, 1.807) is 12.1 Å². The van der Waals surface area contributed by atoms with E-state index in [4.69, 9.17) is 23.2 Å². The third-order valence-corrected chi connectivity index (χ3v) is 5.19. The van der Waals surface area contributed by atoms with E-state index in [-0.39, 0.29) is 5.91 Å². The predicted molar refractivity (Wildman–Crippen MR) is 85.5 cm³/mol. The van der Waals surface area contributed by atoms with Crippen molar-refractivity contribution in [1.82, 2.24) is 0 Å². The van der Waals surface area contributed by atoms with E-state index in [0.717, 1.165) is 24.8 Å². The van der Waals surface area contributed by atoms with E-state index in [1.165, 1.54) is 22.3 Å². The summed E-state index contributed by atoms with van der Waals surface area (Å²) in [5.41, 5.74) is 2.02. The monoisotopic (exact) mass is 336 g/mol. The molecule has 0 fully saturated rings. The quantitative estimate of drug-likeness (QED) is 0.866. The zero-order valence-electron chi connectivity index (χ0n) is 10.9. The molecule has 0 saturated carbocycles. The molecule has 0 spiro atoms. The van der Waals surface area contributed by atoms with Crippen LogP contribution < -0.4 is 5.32 Å². The van der Waals surface area contributed by atoms with E-state index < -0.39 is 0 Å². The Morgan fingerprint density at radius 1 is 1.33 bits per heavy atom. The summed E-state index contributed by atoms with van der Waals surface area (Å²) in [6, 6.07) is 6.91. The lowest BCUT2D eigenvalue weighted by molar-refractivity contribution is 0.102. The number of halogens is 2. The van der Waals surface area contributed by atoms with E-state index in [9.17, 15) is 10.1 Å². The van der Waals surface area contributed by atoms with Crippen LogP contribution in [0.5, 0.6) is 0 Å². The number of benzene rings is 1. The summed E-state index contributed by atoms with van der Waals surface area (Å²) in [6.45, 7) is 0. The molecule has 21 heavy (non-hydrogen) atoms. The van der Waals surface area contributed by atoms with Crippen molar-refractivity contribution in [2.45, 2.75) is 19.3 Å². The maximum atomic E-state index is 12.3. The fraction of sp³-hybridized carbons (Fsp3) is 0.200. The van der Waals surface area contributed by atoms with Crippen molar-refractivity contribution in [3.05, 3.63) is 49.8 Å². The van der Waals surface area contributed by atoms with E-state index in [1.807, 2.05) is 0 Å². The molecule has 106 valence electrons. The molecule has 1 aliphatic rings. The second kappa shape index (κ2) is 5.69. The Kier molecular flexibility index (Phi) is 3.90. The lowest BCUT2D eigenvalue weighted by Crippen LogP contribution is -2.12. The number of amides is 1. The Balaban J connectivity index is 1.91. The van der Waals surface area contributed by atoms with Gasteiger partial charge in [0.15, 0.2) is 0 Å². The predicted octanol–water partition coefficient (Wildman–Crippen LogP) is 4.67. The zero-order valence-corrected chi connectivity index (χ0v) is 13.2. The first kappa shape index (κ1) is 14.4. The van der Waals surface area contributed by atoms with Gasteiger partial charge in [-0.05, 0) is 43.0 Å². The van der Waals surface area contributed by atoms with Gasteiger partial charge >= 0.3 is 0 Å². The van der Waals surface area contributed by atoms with Crippen LogP contribution >= 0.6 is 34.5 Å². The highest BCUT2D eigenvalue weighted by Gasteiger charge is 2.23. The number of carbonyl (C=O) groups excluding carboxylic acids is 1. The van der Waals surface area contributed by atoms with Crippen LogP contribution in [0.3, 0.4) is 0 Å². The van der Waals surface area contributed by atoms with Gasteiger partial charge in [0.1, 0.15) is 11.1 Å². The molecular weight excluding hydrogens is 327 g/mol. The van der Waals surface area contributed by atoms with E-state index >= 15 is 0 Å². The minimum absolute atomic E-state index is 0.294. The van der Waals surface area contributed by atoms with Gasteiger partial charge < -0.3 is 5.32 Å². The number of carbonyl (C=O) groups is 1. The van der Waals surface area contributed by atoms with Gasteiger partial charge in [-0.3, -0.25) is 4.79 Å². The molecule has 1 aromatic heterocycles.